The van der Waals surface area contributed by atoms with Gasteiger partial charge in [-0.1, -0.05) is 29.8 Å². The number of amides is 2. The number of halogens is 5. The van der Waals surface area contributed by atoms with E-state index in [1.807, 2.05) is 0 Å². The van der Waals surface area contributed by atoms with Crippen LogP contribution in [0.1, 0.15) is 12.0 Å². The number of carbonyl (C=O) groups is 2. The van der Waals surface area contributed by atoms with Crippen molar-refractivity contribution in [2.24, 2.45) is 0 Å². The molecular formula is C20H18ClF4N3O2. The summed E-state index contributed by atoms with van der Waals surface area (Å²) in [5.41, 5.74) is 0.199. The molecule has 5 nitrogen and oxygen atoms in total. The molecule has 0 fully saturated rings. The molecular weight excluding hydrogens is 426 g/mol. The van der Waals surface area contributed by atoms with Crippen LogP contribution in [0.2, 0.25) is 5.02 Å². The molecule has 0 saturated carbocycles. The van der Waals surface area contributed by atoms with Crippen molar-refractivity contribution in [1.29, 1.82) is 0 Å². The number of hydrogen-bond donors (Lipinski definition) is 1. The molecule has 1 N–H and O–H groups in total. The van der Waals surface area contributed by atoms with Crippen LogP contribution in [0.5, 0.6) is 0 Å². The highest BCUT2D eigenvalue weighted by Crippen LogP contribution is 2.37. The minimum atomic E-state index is -4.82. The van der Waals surface area contributed by atoms with Crippen molar-refractivity contribution in [3.8, 4) is 0 Å². The molecule has 0 unspecified atom stereocenters. The van der Waals surface area contributed by atoms with E-state index in [9.17, 15) is 27.2 Å². The number of anilines is 2. The van der Waals surface area contributed by atoms with Crippen LogP contribution in [-0.2, 0) is 16.1 Å². The number of rotatable bonds is 4. The molecule has 0 spiro atoms. The molecule has 0 aliphatic carbocycles. The Morgan fingerprint density at radius 3 is 2.60 bits per heavy atom. The first kappa shape index (κ1) is 22.0. The first-order chi connectivity index (χ1) is 14.1. The number of nitrogens with one attached hydrogen (secondary N) is 1. The van der Waals surface area contributed by atoms with Gasteiger partial charge >= 0.3 is 6.18 Å². The van der Waals surface area contributed by atoms with Gasteiger partial charge in [-0.15, -0.1) is 0 Å². The molecule has 160 valence electrons. The van der Waals surface area contributed by atoms with Gasteiger partial charge in [-0.25, -0.2) is 4.39 Å². The van der Waals surface area contributed by atoms with E-state index in [0.717, 1.165) is 0 Å². The third kappa shape index (κ3) is 4.73. The van der Waals surface area contributed by atoms with Gasteiger partial charge in [0.15, 0.2) is 0 Å². The number of carbonyl (C=O) groups excluding carboxylic acids is 2. The summed E-state index contributed by atoms with van der Waals surface area (Å²) in [6.07, 6.45) is -5.75. The lowest BCUT2D eigenvalue weighted by Crippen LogP contribution is -2.52. The predicted molar refractivity (Wildman–Crippen MR) is 105 cm³/mol. The van der Waals surface area contributed by atoms with Crippen molar-refractivity contribution >= 4 is 34.8 Å². The van der Waals surface area contributed by atoms with E-state index in [1.54, 1.807) is 6.07 Å². The van der Waals surface area contributed by atoms with Crippen LogP contribution >= 0.6 is 11.6 Å². The first-order valence-electron chi connectivity index (χ1n) is 8.97. The fourth-order valence-corrected chi connectivity index (χ4v) is 3.53. The number of hydrogen-bond acceptors (Lipinski definition) is 3. The molecule has 1 heterocycles. The second kappa shape index (κ2) is 8.61. The van der Waals surface area contributed by atoms with E-state index in [1.165, 1.54) is 48.3 Å². The maximum absolute atomic E-state index is 14.0. The van der Waals surface area contributed by atoms with Crippen molar-refractivity contribution in [2.75, 3.05) is 23.8 Å². The standard InChI is InChI=1S/C20H18ClF4N3O2/c1-27(10-12-13(21)5-4-6-14(12)22)11-19(30)28-16-8-3-2-7-15(16)26-18(29)9-17(28)20(23,24)25/h2-8,17H,9-11H2,1H3,(H,26,29)/t17-/m1/s1. The smallest absolute Gasteiger partial charge is 0.324 e. The monoisotopic (exact) mass is 443 g/mol. The van der Waals surface area contributed by atoms with Crippen LogP contribution in [-0.4, -0.2) is 42.5 Å². The molecule has 0 radical (unpaired) electrons. The quantitative estimate of drug-likeness (QED) is 0.720. The molecule has 2 aromatic carbocycles. The molecule has 1 aliphatic rings. The second-order valence-electron chi connectivity index (χ2n) is 6.96. The zero-order chi connectivity index (χ0) is 22.1. The van der Waals surface area contributed by atoms with Crippen LogP contribution < -0.4 is 10.2 Å². The van der Waals surface area contributed by atoms with Crippen LogP contribution in [0.3, 0.4) is 0 Å². The Balaban J connectivity index is 1.90. The fourth-order valence-electron chi connectivity index (χ4n) is 3.31. The average Bonchev–Trinajstić information content (AvgIpc) is 2.80. The summed E-state index contributed by atoms with van der Waals surface area (Å²) in [7, 11) is 1.47. The fraction of sp³-hybridized carbons (Fsp3) is 0.300. The molecule has 2 amide bonds. The predicted octanol–water partition coefficient (Wildman–Crippen LogP) is 4.22. The van der Waals surface area contributed by atoms with Gasteiger partial charge in [-0.2, -0.15) is 13.2 Å². The van der Waals surface area contributed by atoms with Crippen LogP contribution in [0.25, 0.3) is 0 Å². The van der Waals surface area contributed by atoms with Gasteiger partial charge in [-0.05, 0) is 31.3 Å². The first-order valence-corrected chi connectivity index (χ1v) is 9.35. The summed E-state index contributed by atoms with van der Waals surface area (Å²) in [6, 6.07) is 7.59. The maximum atomic E-state index is 14.0. The molecule has 0 aromatic heterocycles. The highest BCUT2D eigenvalue weighted by molar-refractivity contribution is 6.31. The Hall–Kier alpha value is -2.65. The third-order valence-electron chi connectivity index (χ3n) is 4.67. The lowest BCUT2D eigenvalue weighted by atomic mass is 10.1. The van der Waals surface area contributed by atoms with Crippen LogP contribution in [0.15, 0.2) is 42.5 Å². The minimum Gasteiger partial charge on any atom is -0.324 e. The summed E-state index contributed by atoms with van der Waals surface area (Å²) in [4.78, 5) is 26.9. The van der Waals surface area contributed by atoms with E-state index >= 15 is 0 Å². The minimum absolute atomic E-state index is 0.0481. The van der Waals surface area contributed by atoms with Crippen molar-refractivity contribution in [3.05, 3.63) is 58.9 Å². The summed E-state index contributed by atoms with van der Waals surface area (Å²) < 4.78 is 55.2. The van der Waals surface area contributed by atoms with E-state index < -0.39 is 42.8 Å². The van der Waals surface area contributed by atoms with Gasteiger partial charge in [0.25, 0.3) is 0 Å². The largest absolute Gasteiger partial charge is 0.409 e. The second-order valence-corrected chi connectivity index (χ2v) is 7.37. The Bertz CT molecular complexity index is 947. The summed E-state index contributed by atoms with van der Waals surface area (Å²) in [5.74, 6) is -2.30. The molecule has 30 heavy (non-hydrogen) atoms. The highest BCUT2D eigenvalue weighted by atomic mass is 35.5. The molecule has 10 heteroatoms. The van der Waals surface area contributed by atoms with Gasteiger partial charge in [-0.3, -0.25) is 19.4 Å². The summed E-state index contributed by atoms with van der Waals surface area (Å²) in [6.45, 7) is -0.527. The normalized spacial score (nSPS) is 16.8. The SMILES string of the molecule is CN(CC(=O)N1c2ccccc2NC(=O)C[C@@H]1C(F)(F)F)Cc1c(F)cccc1Cl. The lowest BCUT2D eigenvalue weighted by Gasteiger charge is -2.33. The Labute approximate surface area is 175 Å². The van der Waals surface area contributed by atoms with E-state index in [0.29, 0.717) is 4.90 Å². The van der Waals surface area contributed by atoms with Crippen LogP contribution in [0, 0.1) is 5.82 Å². The summed E-state index contributed by atoms with van der Waals surface area (Å²) >= 11 is 5.99. The van der Waals surface area contributed by atoms with Gasteiger partial charge in [0.05, 0.1) is 24.3 Å². The maximum Gasteiger partial charge on any atom is 0.409 e. The Kier molecular flexibility index (Phi) is 6.33. The van der Waals surface area contributed by atoms with Gasteiger partial charge < -0.3 is 5.32 Å². The van der Waals surface area contributed by atoms with E-state index in [-0.39, 0.29) is 28.5 Å². The molecule has 2 aromatic rings. The van der Waals surface area contributed by atoms with Crippen molar-refractivity contribution in [3.63, 3.8) is 0 Å². The zero-order valence-corrected chi connectivity index (χ0v) is 16.6. The van der Waals surface area contributed by atoms with Crippen molar-refractivity contribution in [2.45, 2.75) is 25.2 Å². The van der Waals surface area contributed by atoms with Crippen molar-refractivity contribution in [1.82, 2.24) is 4.90 Å². The van der Waals surface area contributed by atoms with Crippen molar-refractivity contribution < 1.29 is 27.2 Å². The highest BCUT2D eigenvalue weighted by Gasteiger charge is 2.49. The zero-order valence-electron chi connectivity index (χ0n) is 15.8. The average molecular weight is 444 g/mol. The Morgan fingerprint density at radius 1 is 1.23 bits per heavy atom. The summed E-state index contributed by atoms with van der Waals surface area (Å²) in [5, 5.41) is 2.55. The number of likely N-dealkylation sites (N-methyl/N-ethyl adjacent to an activating group) is 1. The Morgan fingerprint density at radius 2 is 1.93 bits per heavy atom. The van der Waals surface area contributed by atoms with E-state index in [4.69, 9.17) is 11.6 Å². The molecule has 3 rings (SSSR count). The number of para-hydroxylation sites is 2. The molecule has 1 atom stereocenters. The number of fused-ring (bicyclic) bond motifs is 1. The molecule has 0 bridgehead atoms. The third-order valence-corrected chi connectivity index (χ3v) is 5.02. The topological polar surface area (TPSA) is 52.7 Å². The van der Waals surface area contributed by atoms with Gasteiger partial charge in [0, 0.05) is 17.1 Å². The number of alkyl halides is 3. The van der Waals surface area contributed by atoms with E-state index in [2.05, 4.69) is 5.32 Å². The van der Waals surface area contributed by atoms with Gasteiger partial charge in [0.1, 0.15) is 11.9 Å². The molecule has 0 saturated heterocycles. The lowest BCUT2D eigenvalue weighted by molar-refractivity contribution is -0.158. The molecule has 1 aliphatic heterocycles. The number of benzene rings is 2. The van der Waals surface area contributed by atoms with Crippen LogP contribution in [0.4, 0.5) is 28.9 Å². The van der Waals surface area contributed by atoms with Gasteiger partial charge in [0.2, 0.25) is 11.8 Å². The number of nitrogens with zero attached hydrogens (tertiary/aromatic N) is 2.